The number of amides is 1. The molecule has 2 aromatic carbocycles. The van der Waals surface area contributed by atoms with Crippen LogP contribution in [0.3, 0.4) is 0 Å². The number of carbonyl (C=O) groups is 1. The minimum absolute atomic E-state index is 0.124. The third kappa shape index (κ3) is 4.64. The predicted molar refractivity (Wildman–Crippen MR) is 103 cm³/mol. The number of aromatic nitrogens is 2. The van der Waals surface area contributed by atoms with Gasteiger partial charge in [-0.05, 0) is 42.0 Å². The molecule has 0 aliphatic carbocycles. The number of halogens is 1. The van der Waals surface area contributed by atoms with Gasteiger partial charge < -0.3 is 10.2 Å². The fraction of sp³-hybridized carbons (Fsp3) is 0.105. The van der Waals surface area contributed by atoms with Gasteiger partial charge in [-0.25, -0.2) is 0 Å². The van der Waals surface area contributed by atoms with Crippen molar-refractivity contribution in [1.29, 1.82) is 0 Å². The second-order valence-electron chi connectivity index (χ2n) is 5.52. The molecule has 126 valence electrons. The molecule has 0 atom stereocenters. The lowest BCUT2D eigenvalue weighted by molar-refractivity contribution is -0.115. The maximum atomic E-state index is 12.1. The van der Waals surface area contributed by atoms with E-state index in [0.29, 0.717) is 18.1 Å². The van der Waals surface area contributed by atoms with E-state index < -0.39 is 0 Å². The summed E-state index contributed by atoms with van der Waals surface area (Å²) >= 11 is 3.38. The Morgan fingerprint density at radius 1 is 1.00 bits per heavy atom. The molecular weight excluding hydrogens is 380 g/mol. The van der Waals surface area contributed by atoms with Crippen LogP contribution < -0.4 is 10.2 Å². The topological polar surface area (TPSA) is 58.1 Å². The molecule has 6 heteroatoms. The van der Waals surface area contributed by atoms with Gasteiger partial charge in [0.1, 0.15) is 0 Å². The van der Waals surface area contributed by atoms with Crippen LogP contribution in [-0.2, 0) is 11.2 Å². The SMILES string of the molecule is CN(c1ccccc1)c1ccc(NC(=O)Cc2ccc(Br)cc2)nn1. The quantitative estimate of drug-likeness (QED) is 0.702. The highest BCUT2D eigenvalue weighted by Gasteiger charge is 2.08. The van der Waals surface area contributed by atoms with Gasteiger partial charge in [-0.3, -0.25) is 4.79 Å². The average molecular weight is 397 g/mol. The Kier molecular flexibility index (Phi) is 5.40. The molecule has 1 N–H and O–H groups in total. The van der Waals surface area contributed by atoms with Crippen LogP contribution in [0.5, 0.6) is 0 Å². The van der Waals surface area contributed by atoms with Crippen molar-refractivity contribution >= 4 is 39.2 Å². The monoisotopic (exact) mass is 396 g/mol. The number of para-hydroxylation sites is 1. The summed E-state index contributed by atoms with van der Waals surface area (Å²) in [5.74, 6) is 1.02. The van der Waals surface area contributed by atoms with E-state index in [-0.39, 0.29) is 5.91 Å². The Hall–Kier alpha value is -2.73. The molecule has 0 fully saturated rings. The fourth-order valence-corrected chi connectivity index (χ4v) is 2.59. The van der Waals surface area contributed by atoms with Crippen molar-refractivity contribution < 1.29 is 4.79 Å². The van der Waals surface area contributed by atoms with Crippen molar-refractivity contribution in [1.82, 2.24) is 10.2 Å². The first-order chi connectivity index (χ1) is 12.1. The van der Waals surface area contributed by atoms with Gasteiger partial charge in [0.05, 0.1) is 6.42 Å². The number of hydrogen-bond donors (Lipinski definition) is 1. The number of benzene rings is 2. The molecule has 1 aromatic heterocycles. The Balaban J connectivity index is 1.62. The van der Waals surface area contributed by atoms with Crippen molar-refractivity contribution in [3.8, 4) is 0 Å². The summed E-state index contributed by atoms with van der Waals surface area (Å²) in [5.41, 5.74) is 1.96. The predicted octanol–water partition coefficient (Wildman–Crippen LogP) is 4.19. The molecule has 1 heterocycles. The Bertz CT molecular complexity index is 836. The molecule has 0 saturated heterocycles. The zero-order chi connectivity index (χ0) is 17.6. The molecular formula is C19H17BrN4O. The summed E-state index contributed by atoms with van der Waals surface area (Å²) in [4.78, 5) is 14.0. The second kappa shape index (κ2) is 7.90. The van der Waals surface area contributed by atoms with E-state index in [1.54, 1.807) is 6.07 Å². The van der Waals surface area contributed by atoms with E-state index in [2.05, 4.69) is 31.4 Å². The molecule has 0 aliphatic rings. The van der Waals surface area contributed by atoms with Gasteiger partial charge in [-0.15, -0.1) is 10.2 Å². The number of rotatable bonds is 5. The number of hydrogen-bond acceptors (Lipinski definition) is 4. The smallest absolute Gasteiger partial charge is 0.229 e. The van der Waals surface area contributed by atoms with E-state index in [1.165, 1.54) is 0 Å². The van der Waals surface area contributed by atoms with Gasteiger partial charge in [-0.2, -0.15) is 0 Å². The van der Waals surface area contributed by atoms with Crippen molar-refractivity contribution in [2.24, 2.45) is 0 Å². The molecule has 0 radical (unpaired) electrons. The van der Waals surface area contributed by atoms with Crippen LogP contribution in [0.1, 0.15) is 5.56 Å². The molecule has 3 rings (SSSR count). The maximum absolute atomic E-state index is 12.1. The number of nitrogens with one attached hydrogen (secondary N) is 1. The van der Waals surface area contributed by atoms with E-state index in [9.17, 15) is 4.79 Å². The van der Waals surface area contributed by atoms with Crippen molar-refractivity contribution in [2.45, 2.75) is 6.42 Å². The first-order valence-electron chi connectivity index (χ1n) is 7.78. The summed E-state index contributed by atoms with van der Waals surface area (Å²) in [6, 6.07) is 21.1. The zero-order valence-corrected chi connectivity index (χ0v) is 15.3. The number of nitrogens with zero attached hydrogens (tertiary/aromatic N) is 3. The molecule has 0 saturated carbocycles. The molecule has 1 amide bonds. The Labute approximate surface area is 154 Å². The van der Waals surface area contributed by atoms with Gasteiger partial charge in [0.25, 0.3) is 0 Å². The summed E-state index contributed by atoms with van der Waals surface area (Å²) in [5, 5.41) is 11.0. The molecule has 0 spiro atoms. The van der Waals surface area contributed by atoms with E-state index in [4.69, 9.17) is 0 Å². The van der Waals surface area contributed by atoms with Gasteiger partial charge in [0.15, 0.2) is 11.6 Å². The lowest BCUT2D eigenvalue weighted by atomic mass is 10.1. The standard InChI is InChI=1S/C19H17BrN4O/c1-24(16-5-3-2-4-6-16)18-12-11-17(22-23-18)21-19(25)13-14-7-9-15(20)10-8-14/h2-12H,13H2,1H3,(H,21,22,25). The van der Waals surface area contributed by atoms with Crippen LogP contribution in [0.2, 0.25) is 0 Å². The highest BCUT2D eigenvalue weighted by Crippen LogP contribution is 2.21. The third-order valence-corrected chi connectivity index (χ3v) is 4.21. The molecule has 0 unspecified atom stereocenters. The maximum Gasteiger partial charge on any atom is 0.229 e. The molecule has 5 nitrogen and oxygen atoms in total. The van der Waals surface area contributed by atoms with Crippen LogP contribution in [0, 0.1) is 0 Å². The van der Waals surface area contributed by atoms with Crippen molar-refractivity contribution in [2.75, 3.05) is 17.3 Å². The first kappa shape index (κ1) is 17.1. The molecule has 25 heavy (non-hydrogen) atoms. The molecule has 0 bridgehead atoms. The van der Waals surface area contributed by atoms with Gasteiger partial charge >= 0.3 is 0 Å². The van der Waals surface area contributed by atoms with Crippen LogP contribution in [0.15, 0.2) is 71.2 Å². The lowest BCUT2D eigenvalue weighted by Crippen LogP contribution is -2.17. The van der Waals surface area contributed by atoms with Crippen molar-refractivity contribution in [3.63, 3.8) is 0 Å². The van der Waals surface area contributed by atoms with Gasteiger partial charge in [-0.1, -0.05) is 46.3 Å². The summed E-state index contributed by atoms with van der Waals surface area (Å²) in [6.45, 7) is 0. The molecule has 0 aliphatic heterocycles. The summed E-state index contributed by atoms with van der Waals surface area (Å²) in [6.07, 6.45) is 0.292. The number of anilines is 3. The summed E-state index contributed by atoms with van der Waals surface area (Å²) in [7, 11) is 1.92. The first-order valence-corrected chi connectivity index (χ1v) is 8.58. The minimum atomic E-state index is -0.124. The highest BCUT2D eigenvalue weighted by molar-refractivity contribution is 9.10. The minimum Gasteiger partial charge on any atom is -0.328 e. The largest absolute Gasteiger partial charge is 0.328 e. The van der Waals surface area contributed by atoms with Gasteiger partial charge in [0, 0.05) is 17.2 Å². The third-order valence-electron chi connectivity index (χ3n) is 3.68. The van der Waals surface area contributed by atoms with Crippen molar-refractivity contribution in [3.05, 3.63) is 76.8 Å². The van der Waals surface area contributed by atoms with Crippen LogP contribution >= 0.6 is 15.9 Å². The fourth-order valence-electron chi connectivity index (χ4n) is 2.33. The average Bonchev–Trinajstić information content (AvgIpc) is 2.64. The van der Waals surface area contributed by atoms with E-state index >= 15 is 0 Å². The summed E-state index contributed by atoms with van der Waals surface area (Å²) < 4.78 is 0.987. The Morgan fingerprint density at radius 3 is 2.36 bits per heavy atom. The van der Waals surface area contributed by atoms with E-state index in [1.807, 2.05) is 72.6 Å². The van der Waals surface area contributed by atoms with Gasteiger partial charge in [0.2, 0.25) is 5.91 Å². The normalized spacial score (nSPS) is 10.3. The number of carbonyl (C=O) groups excluding carboxylic acids is 1. The molecule has 3 aromatic rings. The highest BCUT2D eigenvalue weighted by atomic mass is 79.9. The lowest BCUT2D eigenvalue weighted by Gasteiger charge is -2.17. The van der Waals surface area contributed by atoms with Crippen LogP contribution in [-0.4, -0.2) is 23.2 Å². The van der Waals surface area contributed by atoms with Crippen LogP contribution in [0.25, 0.3) is 0 Å². The van der Waals surface area contributed by atoms with E-state index in [0.717, 1.165) is 15.7 Å². The second-order valence-corrected chi connectivity index (χ2v) is 6.44. The van der Waals surface area contributed by atoms with Crippen LogP contribution in [0.4, 0.5) is 17.3 Å². The Morgan fingerprint density at radius 2 is 1.72 bits per heavy atom. The zero-order valence-electron chi connectivity index (χ0n) is 13.7.